The molecule has 2 aromatic rings. The number of phenolic OH excluding ortho intramolecular Hbond substituents is 1. The molecule has 118 valence electrons. The van der Waals surface area contributed by atoms with Crippen molar-refractivity contribution in [2.24, 2.45) is 5.10 Å². The Kier molecular flexibility index (Phi) is 4.82. The highest BCUT2D eigenvalue weighted by Gasteiger charge is 2.18. The normalized spacial score (nSPS) is 10.5. The second-order valence-corrected chi connectivity index (χ2v) is 4.28. The first-order valence-electron chi connectivity index (χ1n) is 6.31. The first kappa shape index (κ1) is 15.9. The predicted molar refractivity (Wildman–Crippen MR) is 80.6 cm³/mol. The van der Waals surface area contributed by atoms with Crippen LogP contribution in [-0.2, 0) is 0 Å². The van der Waals surface area contributed by atoms with E-state index in [9.17, 15) is 20.0 Å². The van der Waals surface area contributed by atoms with E-state index in [1.165, 1.54) is 37.7 Å². The summed E-state index contributed by atoms with van der Waals surface area (Å²) in [6.07, 6.45) is 4.00. The molecular weight excluding hydrogens is 304 g/mol. The van der Waals surface area contributed by atoms with E-state index in [1.54, 1.807) is 0 Å². The number of phenols is 1. The van der Waals surface area contributed by atoms with Crippen molar-refractivity contribution < 1.29 is 19.6 Å². The van der Waals surface area contributed by atoms with Crippen molar-refractivity contribution in [3.8, 4) is 11.5 Å². The lowest BCUT2D eigenvalue weighted by Gasteiger charge is -2.04. The summed E-state index contributed by atoms with van der Waals surface area (Å²) in [5.41, 5.74) is 2.10. The van der Waals surface area contributed by atoms with Crippen molar-refractivity contribution >= 4 is 17.8 Å². The lowest BCUT2D eigenvalue weighted by molar-refractivity contribution is -0.385. The van der Waals surface area contributed by atoms with Gasteiger partial charge in [-0.05, 0) is 18.2 Å². The van der Waals surface area contributed by atoms with Gasteiger partial charge in [0.15, 0.2) is 0 Å². The number of nitro benzene ring substituents is 1. The van der Waals surface area contributed by atoms with Gasteiger partial charge in [-0.1, -0.05) is 0 Å². The number of hydrazone groups is 1. The molecule has 2 rings (SSSR count). The third kappa shape index (κ3) is 3.79. The predicted octanol–water partition coefficient (Wildman–Crippen LogP) is 1.47. The summed E-state index contributed by atoms with van der Waals surface area (Å²) in [6.45, 7) is 0. The molecule has 0 saturated carbocycles. The van der Waals surface area contributed by atoms with Crippen LogP contribution in [0.15, 0.2) is 41.8 Å². The number of ether oxygens (including phenoxy) is 1. The van der Waals surface area contributed by atoms with Crippen LogP contribution in [0.5, 0.6) is 11.5 Å². The molecule has 0 unspecified atom stereocenters. The topological polar surface area (TPSA) is 127 Å². The van der Waals surface area contributed by atoms with Crippen LogP contribution in [-0.4, -0.2) is 34.2 Å². The third-order valence-electron chi connectivity index (χ3n) is 2.84. The van der Waals surface area contributed by atoms with Crippen LogP contribution >= 0.6 is 0 Å². The van der Waals surface area contributed by atoms with Gasteiger partial charge in [0.05, 0.1) is 24.3 Å². The van der Waals surface area contributed by atoms with Crippen LogP contribution in [0.1, 0.15) is 15.9 Å². The lowest BCUT2D eigenvalue weighted by atomic mass is 10.1. The number of hydrogen-bond donors (Lipinski definition) is 2. The third-order valence-corrected chi connectivity index (χ3v) is 2.84. The first-order valence-corrected chi connectivity index (χ1v) is 6.31. The molecular formula is C14H12N4O5. The number of amides is 1. The van der Waals surface area contributed by atoms with Crippen molar-refractivity contribution in [1.29, 1.82) is 0 Å². The largest absolute Gasteiger partial charge is 0.502 e. The zero-order chi connectivity index (χ0) is 16.8. The smallest absolute Gasteiger partial charge is 0.315 e. The number of pyridine rings is 1. The Morgan fingerprint density at radius 1 is 1.43 bits per heavy atom. The minimum atomic E-state index is -0.745. The van der Waals surface area contributed by atoms with Gasteiger partial charge in [0.1, 0.15) is 5.75 Å². The highest BCUT2D eigenvalue weighted by atomic mass is 16.6. The van der Waals surface area contributed by atoms with Crippen LogP contribution in [0, 0.1) is 10.1 Å². The van der Waals surface area contributed by atoms with Crippen molar-refractivity contribution in [3.63, 3.8) is 0 Å². The molecule has 1 aromatic heterocycles. The maximum Gasteiger partial charge on any atom is 0.315 e. The van der Waals surface area contributed by atoms with E-state index in [0.717, 1.165) is 12.3 Å². The Morgan fingerprint density at radius 2 is 2.13 bits per heavy atom. The monoisotopic (exact) mass is 316 g/mol. The Bertz CT molecular complexity index is 761. The number of aromatic nitrogens is 1. The Balaban J connectivity index is 2.21. The van der Waals surface area contributed by atoms with E-state index < -0.39 is 22.3 Å². The zero-order valence-electron chi connectivity index (χ0n) is 12.0. The number of nitrogens with zero attached hydrogens (tertiary/aromatic N) is 3. The fourth-order valence-corrected chi connectivity index (χ4v) is 1.70. The van der Waals surface area contributed by atoms with E-state index in [4.69, 9.17) is 4.74 Å². The van der Waals surface area contributed by atoms with Crippen LogP contribution in [0.2, 0.25) is 0 Å². The molecule has 1 aromatic carbocycles. The second-order valence-electron chi connectivity index (χ2n) is 4.28. The lowest BCUT2D eigenvalue weighted by Crippen LogP contribution is -2.17. The van der Waals surface area contributed by atoms with E-state index in [1.807, 2.05) is 0 Å². The van der Waals surface area contributed by atoms with Gasteiger partial charge in [-0.3, -0.25) is 19.9 Å². The van der Waals surface area contributed by atoms with Gasteiger partial charge in [-0.25, -0.2) is 5.43 Å². The van der Waals surface area contributed by atoms with Crippen molar-refractivity contribution in [1.82, 2.24) is 10.4 Å². The van der Waals surface area contributed by atoms with Gasteiger partial charge < -0.3 is 9.84 Å². The summed E-state index contributed by atoms with van der Waals surface area (Å²) >= 11 is 0. The highest BCUT2D eigenvalue weighted by Crippen LogP contribution is 2.33. The molecule has 0 spiro atoms. The first-order chi connectivity index (χ1) is 11.0. The van der Waals surface area contributed by atoms with Crippen LogP contribution in [0.3, 0.4) is 0 Å². The molecule has 0 fully saturated rings. The molecule has 0 bridgehead atoms. The fraction of sp³-hybridized carbons (Fsp3) is 0.0714. The highest BCUT2D eigenvalue weighted by molar-refractivity contribution is 5.95. The van der Waals surface area contributed by atoms with Gasteiger partial charge in [0, 0.05) is 23.5 Å². The molecule has 0 aliphatic carbocycles. The molecule has 9 heteroatoms. The van der Waals surface area contributed by atoms with E-state index in [-0.39, 0.29) is 11.3 Å². The Morgan fingerprint density at radius 3 is 2.74 bits per heavy atom. The quantitative estimate of drug-likeness (QED) is 0.488. The molecule has 23 heavy (non-hydrogen) atoms. The molecule has 0 aliphatic heterocycles. The Labute approximate surface area is 130 Å². The van der Waals surface area contributed by atoms with E-state index in [2.05, 4.69) is 15.5 Å². The standard InChI is InChI=1S/C14H12N4O5/c1-23-11-6-10(13(19)12(7-11)18(21)22)8-16-17-14(20)9-2-4-15-5-3-9/h2-8,19H,1H3,(H,17,20)/b16-8-. The van der Waals surface area contributed by atoms with Gasteiger partial charge in [-0.15, -0.1) is 0 Å². The number of rotatable bonds is 5. The SMILES string of the molecule is COc1cc(/C=N\NC(=O)c2ccncc2)c(O)c([N+](=O)[O-])c1. The summed E-state index contributed by atoms with van der Waals surface area (Å²) in [6, 6.07) is 5.43. The molecule has 0 atom stereocenters. The zero-order valence-corrected chi connectivity index (χ0v) is 12.0. The summed E-state index contributed by atoms with van der Waals surface area (Å²) < 4.78 is 4.93. The van der Waals surface area contributed by atoms with Gasteiger partial charge >= 0.3 is 5.69 Å². The second kappa shape index (κ2) is 6.98. The molecule has 0 aliphatic rings. The maximum absolute atomic E-state index is 11.8. The average molecular weight is 316 g/mol. The van der Waals surface area contributed by atoms with Crippen molar-refractivity contribution in [2.75, 3.05) is 7.11 Å². The Hall–Kier alpha value is -3.49. The van der Waals surface area contributed by atoms with E-state index >= 15 is 0 Å². The fourth-order valence-electron chi connectivity index (χ4n) is 1.70. The van der Waals surface area contributed by atoms with Crippen LogP contribution in [0.25, 0.3) is 0 Å². The van der Waals surface area contributed by atoms with Gasteiger partial charge in [-0.2, -0.15) is 5.10 Å². The summed E-state index contributed by atoms with van der Waals surface area (Å²) in [5, 5.41) is 24.4. The number of methoxy groups -OCH3 is 1. The molecule has 2 N–H and O–H groups in total. The van der Waals surface area contributed by atoms with Gasteiger partial charge in [0.25, 0.3) is 5.91 Å². The number of carbonyl (C=O) groups is 1. The number of aromatic hydroxyl groups is 1. The molecule has 0 radical (unpaired) electrons. The molecule has 1 amide bonds. The average Bonchev–Trinajstić information content (AvgIpc) is 2.56. The summed E-state index contributed by atoms with van der Waals surface area (Å²) in [7, 11) is 1.34. The number of hydrogen-bond acceptors (Lipinski definition) is 7. The number of benzene rings is 1. The number of nitro groups is 1. The summed E-state index contributed by atoms with van der Waals surface area (Å²) in [5.74, 6) is -0.880. The van der Waals surface area contributed by atoms with Crippen molar-refractivity contribution in [3.05, 3.63) is 57.9 Å². The molecule has 1 heterocycles. The maximum atomic E-state index is 11.8. The van der Waals surface area contributed by atoms with E-state index in [0.29, 0.717) is 5.56 Å². The summed E-state index contributed by atoms with van der Waals surface area (Å²) in [4.78, 5) is 25.7. The molecule has 9 nitrogen and oxygen atoms in total. The molecule has 0 saturated heterocycles. The minimum absolute atomic E-state index is 0.0334. The van der Waals surface area contributed by atoms with Crippen molar-refractivity contribution in [2.45, 2.75) is 0 Å². The van der Waals surface area contributed by atoms with Gasteiger partial charge in [0.2, 0.25) is 5.75 Å². The van der Waals surface area contributed by atoms with Crippen LogP contribution < -0.4 is 10.2 Å². The van der Waals surface area contributed by atoms with Crippen LogP contribution in [0.4, 0.5) is 5.69 Å². The number of carbonyl (C=O) groups excluding carboxylic acids is 1. The number of nitrogens with one attached hydrogen (secondary N) is 1. The minimum Gasteiger partial charge on any atom is -0.502 e.